The number of amides is 2. The SMILES string of the molecule is CC(C)(C)C(=O)N1CCCC(C(=O)N2CCN(S(=O)(=O)c3ccccc3C#N)CC2)C1. The molecule has 0 aromatic heterocycles. The van der Waals surface area contributed by atoms with Crippen LogP contribution >= 0.6 is 0 Å². The summed E-state index contributed by atoms with van der Waals surface area (Å²) in [6.45, 7) is 7.71. The molecule has 0 N–H and O–H groups in total. The largest absolute Gasteiger partial charge is 0.341 e. The average Bonchev–Trinajstić information content (AvgIpc) is 2.77. The molecular weight excluding hydrogens is 416 g/mol. The van der Waals surface area contributed by atoms with E-state index in [1.165, 1.54) is 16.4 Å². The summed E-state index contributed by atoms with van der Waals surface area (Å²) in [4.78, 5) is 29.2. The highest BCUT2D eigenvalue weighted by Gasteiger charge is 2.37. The summed E-state index contributed by atoms with van der Waals surface area (Å²) in [6.07, 6.45) is 1.53. The molecule has 0 bridgehead atoms. The molecule has 8 nitrogen and oxygen atoms in total. The van der Waals surface area contributed by atoms with Gasteiger partial charge in [0.2, 0.25) is 21.8 Å². The highest BCUT2D eigenvalue weighted by atomic mass is 32.2. The first kappa shape index (κ1) is 23.2. The van der Waals surface area contributed by atoms with Crippen molar-refractivity contribution in [1.82, 2.24) is 14.1 Å². The number of rotatable bonds is 3. The maximum Gasteiger partial charge on any atom is 0.244 e. The van der Waals surface area contributed by atoms with E-state index in [-0.39, 0.29) is 41.3 Å². The molecule has 1 aromatic carbocycles. The second-order valence-electron chi connectivity index (χ2n) is 9.18. The number of hydrogen-bond donors (Lipinski definition) is 0. The molecule has 2 fully saturated rings. The molecule has 0 saturated carbocycles. The monoisotopic (exact) mass is 446 g/mol. The zero-order valence-corrected chi connectivity index (χ0v) is 19.2. The molecule has 2 amide bonds. The number of carbonyl (C=O) groups excluding carboxylic acids is 2. The van der Waals surface area contributed by atoms with E-state index in [0.717, 1.165) is 12.8 Å². The number of piperazine rings is 1. The number of carbonyl (C=O) groups is 2. The lowest BCUT2D eigenvalue weighted by molar-refractivity contribution is -0.145. The fourth-order valence-electron chi connectivity index (χ4n) is 4.17. The quantitative estimate of drug-likeness (QED) is 0.703. The lowest BCUT2D eigenvalue weighted by atomic mass is 9.90. The van der Waals surface area contributed by atoms with Gasteiger partial charge in [-0.2, -0.15) is 9.57 Å². The Morgan fingerprint density at radius 1 is 1.03 bits per heavy atom. The van der Waals surface area contributed by atoms with Crippen molar-refractivity contribution in [2.45, 2.75) is 38.5 Å². The van der Waals surface area contributed by atoms with Crippen molar-refractivity contribution in [2.75, 3.05) is 39.3 Å². The van der Waals surface area contributed by atoms with Crippen LogP contribution in [-0.2, 0) is 19.6 Å². The number of sulfonamides is 1. The van der Waals surface area contributed by atoms with Gasteiger partial charge in [0.05, 0.1) is 16.4 Å². The van der Waals surface area contributed by atoms with Crippen LogP contribution in [0.2, 0.25) is 0 Å². The molecule has 0 radical (unpaired) electrons. The van der Waals surface area contributed by atoms with E-state index in [0.29, 0.717) is 26.2 Å². The third-order valence-corrected chi connectivity index (χ3v) is 7.83. The van der Waals surface area contributed by atoms with E-state index in [9.17, 15) is 23.3 Å². The van der Waals surface area contributed by atoms with Gasteiger partial charge in [0, 0.05) is 44.7 Å². The number of piperidine rings is 1. The van der Waals surface area contributed by atoms with Crippen molar-refractivity contribution < 1.29 is 18.0 Å². The molecule has 1 atom stereocenters. The molecule has 9 heteroatoms. The van der Waals surface area contributed by atoms with Gasteiger partial charge in [0.25, 0.3) is 0 Å². The molecule has 31 heavy (non-hydrogen) atoms. The fraction of sp³-hybridized carbons (Fsp3) is 0.591. The molecule has 0 spiro atoms. The third-order valence-electron chi connectivity index (χ3n) is 5.88. The molecule has 1 aromatic rings. The Hall–Kier alpha value is -2.44. The Morgan fingerprint density at radius 3 is 2.29 bits per heavy atom. The molecule has 1 unspecified atom stereocenters. The second-order valence-corrected chi connectivity index (χ2v) is 11.1. The minimum atomic E-state index is -3.80. The van der Waals surface area contributed by atoms with Gasteiger partial charge in [0.15, 0.2) is 0 Å². The summed E-state index contributed by atoms with van der Waals surface area (Å²) >= 11 is 0. The molecule has 2 aliphatic rings. The van der Waals surface area contributed by atoms with Crippen molar-refractivity contribution in [3.8, 4) is 6.07 Å². The van der Waals surface area contributed by atoms with Crippen LogP contribution in [0.1, 0.15) is 39.2 Å². The van der Waals surface area contributed by atoms with Gasteiger partial charge < -0.3 is 9.80 Å². The number of nitriles is 1. The molecule has 0 aliphatic carbocycles. The Balaban J connectivity index is 1.63. The normalized spacial score (nSPS) is 20.9. The summed E-state index contributed by atoms with van der Waals surface area (Å²) < 4.78 is 27.3. The summed E-state index contributed by atoms with van der Waals surface area (Å²) in [7, 11) is -3.80. The third kappa shape index (κ3) is 4.91. The van der Waals surface area contributed by atoms with Gasteiger partial charge in [-0.15, -0.1) is 0 Å². The highest BCUT2D eigenvalue weighted by Crippen LogP contribution is 2.26. The van der Waals surface area contributed by atoms with E-state index in [2.05, 4.69) is 0 Å². The van der Waals surface area contributed by atoms with Gasteiger partial charge in [0.1, 0.15) is 6.07 Å². The van der Waals surface area contributed by atoms with E-state index >= 15 is 0 Å². The van der Waals surface area contributed by atoms with Crippen molar-refractivity contribution in [3.63, 3.8) is 0 Å². The molecule has 3 rings (SSSR count). The van der Waals surface area contributed by atoms with Crippen molar-refractivity contribution >= 4 is 21.8 Å². The van der Waals surface area contributed by atoms with Crippen LogP contribution in [0.3, 0.4) is 0 Å². The van der Waals surface area contributed by atoms with Crippen molar-refractivity contribution in [2.24, 2.45) is 11.3 Å². The topological polar surface area (TPSA) is 102 Å². The molecular formula is C22H30N4O4S. The molecule has 2 saturated heterocycles. The maximum absolute atomic E-state index is 13.1. The lowest BCUT2D eigenvalue weighted by Crippen LogP contribution is -2.54. The standard InChI is InChI=1S/C22H30N4O4S/c1-22(2,3)21(28)25-10-6-8-18(16-25)20(27)24-11-13-26(14-12-24)31(29,30)19-9-5-4-7-17(19)15-23/h4-5,7,9,18H,6,8,10-14,16H2,1-3H3. The summed E-state index contributed by atoms with van der Waals surface area (Å²) in [5, 5.41) is 9.24. The Kier molecular flexibility index (Phi) is 6.72. The highest BCUT2D eigenvalue weighted by molar-refractivity contribution is 7.89. The summed E-state index contributed by atoms with van der Waals surface area (Å²) in [5.41, 5.74) is -0.364. The maximum atomic E-state index is 13.1. The average molecular weight is 447 g/mol. The number of likely N-dealkylation sites (tertiary alicyclic amines) is 1. The van der Waals surface area contributed by atoms with Crippen molar-refractivity contribution in [1.29, 1.82) is 5.26 Å². The predicted octanol–water partition coefficient (Wildman–Crippen LogP) is 1.68. The second kappa shape index (κ2) is 8.97. The van der Waals surface area contributed by atoms with Crippen molar-refractivity contribution in [3.05, 3.63) is 29.8 Å². The van der Waals surface area contributed by atoms with Crippen LogP contribution in [0.5, 0.6) is 0 Å². The first-order valence-corrected chi connectivity index (χ1v) is 12.1. The van der Waals surface area contributed by atoms with Crippen LogP contribution in [0, 0.1) is 22.7 Å². The number of benzene rings is 1. The van der Waals surface area contributed by atoms with Gasteiger partial charge in [-0.25, -0.2) is 8.42 Å². The fourth-order valence-corrected chi connectivity index (χ4v) is 5.73. The zero-order valence-electron chi connectivity index (χ0n) is 18.4. The number of hydrogen-bond acceptors (Lipinski definition) is 5. The van der Waals surface area contributed by atoms with Gasteiger partial charge in [-0.1, -0.05) is 32.9 Å². The van der Waals surface area contributed by atoms with Gasteiger partial charge in [-0.05, 0) is 25.0 Å². The minimum Gasteiger partial charge on any atom is -0.341 e. The van der Waals surface area contributed by atoms with Crippen LogP contribution in [0.4, 0.5) is 0 Å². The van der Waals surface area contributed by atoms with Crippen LogP contribution in [0.15, 0.2) is 29.2 Å². The Bertz CT molecular complexity index is 985. The lowest BCUT2D eigenvalue weighted by Gasteiger charge is -2.40. The van der Waals surface area contributed by atoms with Crippen LogP contribution < -0.4 is 0 Å². The van der Waals surface area contributed by atoms with E-state index in [1.54, 1.807) is 21.9 Å². The first-order chi connectivity index (χ1) is 14.6. The number of nitrogens with zero attached hydrogens (tertiary/aromatic N) is 4. The smallest absolute Gasteiger partial charge is 0.244 e. The molecule has 168 valence electrons. The minimum absolute atomic E-state index is 0.000825. The van der Waals surface area contributed by atoms with Gasteiger partial charge in [-0.3, -0.25) is 9.59 Å². The summed E-state index contributed by atoms with van der Waals surface area (Å²) in [5.74, 6) is -0.208. The first-order valence-electron chi connectivity index (χ1n) is 10.6. The zero-order chi connectivity index (χ0) is 22.8. The van der Waals surface area contributed by atoms with E-state index in [4.69, 9.17) is 0 Å². The molecule has 2 aliphatic heterocycles. The van der Waals surface area contributed by atoms with E-state index < -0.39 is 15.4 Å². The Labute approximate surface area is 184 Å². The molecule has 2 heterocycles. The van der Waals surface area contributed by atoms with E-state index in [1.807, 2.05) is 26.8 Å². The Morgan fingerprint density at radius 2 is 1.68 bits per heavy atom. The summed E-state index contributed by atoms with van der Waals surface area (Å²) in [6, 6.07) is 8.09. The van der Waals surface area contributed by atoms with Crippen LogP contribution in [-0.4, -0.2) is 73.6 Å². The predicted molar refractivity (Wildman–Crippen MR) is 115 cm³/mol. The van der Waals surface area contributed by atoms with Gasteiger partial charge >= 0.3 is 0 Å². The van der Waals surface area contributed by atoms with Crippen LogP contribution in [0.25, 0.3) is 0 Å².